The molecule has 3 heterocycles. The lowest BCUT2D eigenvalue weighted by atomic mass is 10.2. The molecular formula is C17H15ClN2O3S2. The topological polar surface area (TPSA) is 62.7 Å². The van der Waals surface area contributed by atoms with Gasteiger partial charge in [-0.2, -0.15) is 0 Å². The second kappa shape index (κ2) is 6.81. The summed E-state index contributed by atoms with van der Waals surface area (Å²) in [5.41, 5.74) is 0.687. The summed E-state index contributed by atoms with van der Waals surface area (Å²) in [7, 11) is 1.66. The lowest BCUT2D eigenvalue weighted by Gasteiger charge is -2.22. The Balaban J connectivity index is 1.68. The molecule has 0 aliphatic carbocycles. The van der Waals surface area contributed by atoms with E-state index < -0.39 is 6.23 Å². The third kappa shape index (κ3) is 3.04. The van der Waals surface area contributed by atoms with Crippen molar-refractivity contribution in [1.29, 1.82) is 0 Å². The zero-order valence-corrected chi connectivity index (χ0v) is 15.7. The minimum Gasteiger partial charge on any atom is -0.380 e. The number of halogens is 1. The van der Waals surface area contributed by atoms with Crippen LogP contribution in [-0.4, -0.2) is 46.9 Å². The smallest absolute Gasteiger partial charge is 0.269 e. The highest BCUT2D eigenvalue weighted by atomic mass is 35.5. The highest BCUT2D eigenvalue weighted by Gasteiger charge is 2.42. The number of carbonyl (C=O) groups excluding carboxylic acids is 1. The third-order valence-electron chi connectivity index (χ3n) is 4.17. The number of anilines is 1. The zero-order valence-electron chi connectivity index (χ0n) is 13.3. The molecule has 1 aromatic carbocycles. The van der Waals surface area contributed by atoms with E-state index in [1.165, 1.54) is 28.4 Å². The van der Waals surface area contributed by atoms with Gasteiger partial charge in [0.2, 0.25) is 0 Å². The minimum absolute atomic E-state index is 0.0648. The Morgan fingerprint density at radius 3 is 2.84 bits per heavy atom. The van der Waals surface area contributed by atoms with Gasteiger partial charge < -0.3 is 9.84 Å². The minimum atomic E-state index is -1.01. The van der Waals surface area contributed by atoms with Crippen LogP contribution in [0, 0.1) is 0 Å². The molecule has 1 amide bonds. The summed E-state index contributed by atoms with van der Waals surface area (Å²) in [6.45, 7) is 0. The number of ether oxygens (including phenoxy) is 1. The maximum absolute atomic E-state index is 12.9. The van der Waals surface area contributed by atoms with Gasteiger partial charge in [0.25, 0.3) is 5.91 Å². The Labute approximate surface area is 158 Å². The first kappa shape index (κ1) is 17.2. The lowest BCUT2D eigenvalue weighted by Crippen LogP contribution is -2.36. The molecule has 0 saturated carbocycles. The van der Waals surface area contributed by atoms with Crippen LogP contribution in [-0.2, 0) is 9.53 Å². The van der Waals surface area contributed by atoms with Gasteiger partial charge in [-0.15, -0.1) is 23.5 Å². The fourth-order valence-electron chi connectivity index (χ4n) is 2.82. The van der Waals surface area contributed by atoms with Crippen LogP contribution in [0.15, 0.2) is 40.1 Å². The van der Waals surface area contributed by atoms with Gasteiger partial charge in [-0.05, 0) is 24.3 Å². The average Bonchev–Trinajstić information content (AvgIpc) is 2.77. The fourth-order valence-corrected chi connectivity index (χ4v) is 5.66. The van der Waals surface area contributed by atoms with Crippen molar-refractivity contribution in [2.45, 2.75) is 12.3 Å². The monoisotopic (exact) mass is 394 g/mol. The standard InChI is InChI=1S/C17H15ClN2O3S2/c1-23-11-7-24-14-15(25-8-11)17(22)20(16(14)21)13-5-3-9-2-4-10(18)6-12(9)19-13/h2-6,11,16,21H,7-8H2,1H3. The van der Waals surface area contributed by atoms with Gasteiger partial charge in [-0.25, -0.2) is 4.98 Å². The van der Waals surface area contributed by atoms with Crippen molar-refractivity contribution >= 4 is 57.8 Å². The van der Waals surface area contributed by atoms with Crippen molar-refractivity contribution < 1.29 is 14.6 Å². The number of carbonyl (C=O) groups is 1. The Hall–Kier alpha value is -1.25. The quantitative estimate of drug-likeness (QED) is 0.843. The van der Waals surface area contributed by atoms with E-state index in [4.69, 9.17) is 16.3 Å². The molecule has 2 unspecified atom stereocenters. The first-order chi connectivity index (χ1) is 12.1. The molecule has 0 radical (unpaired) electrons. The van der Waals surface area contributed by atoms with E-state index in [9.17, 15) is 9.90 Å². The number of fused-ring (bicyclic) bond motifs is 1. The van der Waals surface area contributed by atoms with Crippen molar-refractivity contribution in [1.82, 2.24) is 4.98 Å². The molecule has 25 heavy (non-hydrogen) atoms. The second-order valence-corrected chi connectivity index (χ2v) is 8.26. The number of aromatic nitrogens is 1. The SMILES string of the molecule is COC1CSC2=C(SC1)C(O)N(c1ccc3ccc(Cl)cc3n1)C2=O. The molecule has 0 saturated heterocycles. The molecule has 0 bridgehead atoms. The van der Waals surface area contributed by atoms with Crippen LogP contribution in [0.1, 0.15) is 0 Å². The van der Waals surface area contributed by atoms with Crippen LogP contribution in [0.4, 0.5) is 5.82 Å². The number of aliphatic hydroxyl groups is 1. The Kier molecular flexibility index (Phi) is 4.68. The van der Waals surface area contributed by atoms with Gasteiger partial charge in [0.05, 0.1) is 21.4 Å². The molecule has 2 atom stereocenters. The van der Waals surface area contributed by atoms with E-state index in [2.05, 4.69) is 4.98 Å². The van der Waals surface area contributed by atoms with Crippen LogP contribution < -0.4 is 4.90 Å². The van der Waals surface area contributed by atoms with Crippen molar-refractivity contribution in [2.75, 3.05) is 23.5 Å². The first-order valence-corrected chi connectivity index (χ1v) is 10.0. The number of pyridine rings is 1. The molecule has 130 valence electrons. The number of thioether (sulfide) groups is 2. The fraction of sp³-hybridized carbons (Fsp3) is 0.294. The highest BCUT2D eigenvalue weighted by molar-refractivity contribution is 8.08. The Morgan fingerprint density at radius 1 is 1.28 bits per heavy atom. The number of methoxy groups -OCH3 is 1. The number of nitrogens with zero attached hydrogens (tertiary/aromatic N) is 2. The molecule has 2 aliphatic heterocycles. The van der Waals surface area contributed by atoms with Crippen LogP contribution in [0.2, 0.25) is 5.02 Å². The Morgan fingerprint density at radius 2 is 2.04 bits per heavy atom. The van der Waals surface area contributed by atoms with E-state index >= 15 is 0 Å². The van der Waals surface area contributed by atoms with Crippen molar-refractivity contribution in [2.24, 2.45) is 0 Å². The maximum Gasteiger partial charge on any atom is 0.269 e. The largest absolute Gasteiger partial charge is 0.380 e. The summed E-state index contributed by atoms with van der Waals surface area (Å²) in [4.78, 5) is 20.0. The van der Waals surface area contributed by atoms with Gasteiger partial charge in [0.1, 0.15) is 5.82 Å². The number of amides is 1. The molecule has 4 rings (SSSR count). The van der Waals surface area contributed by atoms with Gasteiger partial charge >= 0.3 is 0 Å². The molecule has 8 heteroatoms. The lowest BCUT2D eigenvalue weighted by molar-refractivity contribution is -0.115. The third-order valence-corrected chi connectivity index (χ3v) is 7.02. The summed E-state index contributed by atoms with van der Waals surface area (Å²) in [5, 5.41) is 12.2. The predicted octanol–water partition coefficient (Wildman–Crippen LogP) is 3.26. The van der Waals surface area contributed by atoms with Gasteiger partial charge in [-0.1, -0.05) is 17.7 Å². The van der Waals surface area contributed by atoms with E-state index in [1.807, 2.05) is 12.1 Å². The molecule has 1 aromatic heterocycles. The highest BCUT2D eigenvalue weighted by Crippen LogP contribution is 2.43. The number of rotatable bonds is 2. The average molecular weight is 395 g/mol. The van der Waals surface area contributed by atoms with Gasteiger partial charge in [-0.3, -0.25) is 9.69 Å². The van der Waals surface area contributed by atoms with Gasteiger partial charge in [0, 0.05) is 29.0 Å². The van der Waals surface area contributed by atoms with Crippen molar-refractivity contribution in [3.8, 4) is 0 Å². The molecule has 5 nitrogen and oxygen atoms in total. The molecule has 2 aliphatic rings. The molecular weight excluding hydrogens is 380 g/mol. The van der Waals surface area contributed by atoms with E-state index in [1.54, 1.807) is 25.3 Å². The van der Waals surface area contributed by atoms with E-state index in [0.29, 0.717) is 37.7 Å². The van der Waals surface area contributed by atoms with Crippen LogP contribution in [0.25, 0.3) is 10.9 Å². The number of aliphatic hydroxyl groups excluding tert-OH is 1. The zero-order chi connectivity index (χ0) is 17.6. The molecule has 0 fully saturated rings. The molecule has 1 N–H and O–H groups in total. The summed E-state index contributed by atoms with van der Waals surface area (Å²) in [6.07, 6.45) is -0.949. The summed E-state index contributed by atoms with van der Waals surface area (Å²) >= 11 is 8.95. The van der Waals surface area contributed by atoms with Crippen molar-refractivity contribution in [3.63, 3.8) is 0 Å². The van der Waals surface area contributed by atoms with Gasteiger partial charge in [0.15, 0.2) is 6.23 Å². The number of hydrogen-bond donors (Lipinski definition) is 1. The van der Waals surface area contributed by atoms with E-state index in [0.717, 1.165) is 5.39 Å². The van der Waals surface area contributed by atoms with Crippen LogP contribution in [0.5, 0.6) is 0 Å². The number of benzene rings is 1. The second-order valence-electron chi connectivity index (χ2n) is 5.73. The van der Waals surface area contributed by atoms with E-state index in [-0.39, 0.29) is 12.0 Å². The number of hydrogen-bond acceptors (Lipinski definition) is 6. The first-order valence-electron chi connectivity index (χ1n) is 7.69. The normalized spacial score (nSPS) is 24.0. The summed E-state index contributed by atoms with van der Waals surface area (Å²) < 4.78 is 5.38. The summed E-state index contributed by atoms with van der Waals surface area (Å²) in [5.74, 6) is 1.60. The van der Waals surface area contributed by atoms with Crippen LogP contribution in [0.3, 0.4) is 0 Å². The summed E-state index contributed by atoms with van der Waals surface area (Å²) in [6, 6.07) is 9.04. The predicted molar refractivity (Wildman–Crippen MR) is 103 cm³/mol. The van der Waals surface area contributed by atoms with Crippen molar-refractivity contribution in [3.05, 3.63) is 45.2 Å². The molecule has 0 spiro atoms. The maximum atomic E-state index is 12.9. The van der Waals surface area contributed by atoms with Crippen LogP contribution >= 0.6 is 35.1 Å². The molecule has 2 aromatic rings. The Bertz CT molecular complexity index is 889.